The molecule has 0 radical (unpaired) electrons. The van der Waals surface area contributed by atoms with E-state index >= 15 is 0 Å². The molecule has 1 fully saturated rings. The zero-order valence-electron chi connectivity index (χ0n) is 21.3. The highest BCUT2D eigenvalue weighted by Crippen LogP contribution is 2.43. The molecule has 1 aliphatic rings. The van der Waals surface area contributed by atoms with Gasteiger partial charge in [0.1, 0.15) is 12.2 Å². The van der Waals surface area contributed by atoms with Crippen LogP contribution in [0.1, 0.15) is 62.3 Å². The third-order valence-corrected chi connectivity index (χ3v) is 16.3. The van der Waals surface area contributed by atoms with Crippen molar-refractivity contribution in [3.63, 3.8) is 0 Å². The van der Waals surface area contributed by atoms with E-state index in [1.165, 1.54) is 0 Å². The van der Waals surface area contributed by atoms with E-state index in [0.29, 0.717) is 0 Å². The zero-order valence-corrected chi connectivity index (χ0v) is 26.4. The molecular weight excluding hydrogens is 544 g/mol. The molecule has 4 atom stereocenters. The molecule has 0 unspecified atom stereocenters. The summed E-state index contributed by atoms with van der Waals surface area (Å²) in [5.74, 6) is -0.692. The lowest BCUT2D eigenvalue weighted by molar-refractivity contribution is -0.157. The van der Waals surface area contributed by atoms with E-state index in [2.05, 4.69) is 107 Å². The van der Waals surface area contributed by atoms with Gasteiger partial charge < -0.3 is 18.3 Å². The fourth-order valence-electron chi connectivity index (χ4n) is 2.98. The van der Waals surface area contributed by atoms with Crippen molar-refractivity contribution in [2.45, 2.75) is 129 Å². The summed E-state index contributed by atoms with van der Waals surface area (Å²) in [5, 5.41) is 0.215. The first-order valence-electron chi connectivity index (χ1n) is 10.8. The molecular formula is C22H44Br2O4Si2. The lowest BCUT2D eigenvalue weighted by Gasteiger charge is -2.42. The molecule has 178 valence electrons. The molecule has 0 spiro atoms. The average molecular weight is 589 g/mol. The SMILES string of the molecule is C[C@H](O[Si](C)(C)C(C)(C)C)[C@@H]1OC(C)(C)O[C@H]1[C@H](C=C(Br)Br)O[Si](C)(C)C(C)(C)C. The minimum Gasteiger partial charge on any atom is -0.411 e. The summed E-state index contributed by atoms with van der Waals surface area (Å²) < 4.78 is 27.2. The van der Waals surface area contributed by atoms with E-state index < -0.39 is 22.4 Å². The fourth-order valence-corrected chi connectivity index (χ4v) is 6.15. The standard InChI is InChI=1S/C22H44Br2O4Si2/c1-15(27-29(10,11)20(2,3)4)18-19(26-22(8,9)25-18)16(14-17(23)24)28-30(12,13)21(5,6)7/h14-16,18-19H,1-13H3/t15-,16-,18-,19-/m0/s1. The summed E-state index contributed by atoms with van der Waals surface area (Å²) in [4.78, 5) is 0. The van der Waals surface area contributed by atoms with Crippen LogP contribution in [0.2, 0.25) is 36.3 Å². The van der Waals surface area contributed by atoms with Crippen LogP contribution in [0.25, 0.3) is 0 Å². The largest absolute Gasteiger partial charge is 0.411 e. The van der Waals surface area contributed by atoms with Gasteiger partial charge in [0.25, 0.3) is 0 Å². The van der Waals surface area contributed by atoms with Crippen LogP contribution >= 0.6 is 31.9 Å². The minimum absolute atomic E-state index is 0.0889. The predicted octanol–water partition coefficient (Wildman–Crippen LogP) is 7.94. The van der Waals surface area contributed by atoms with Gasteiger partial charge in [0.2, 0.25) is 0 Å². The van der Waals surface area contributed by atoms with Gasteiger partial charge in [-0.15, -0.1) is 0 Å². The maximum absolute atomic E-state index is 6.82. The van der Waals surface area contributed by atoms with Crippen LogP contribution < -0.4 is 0 Å². The first kappa shape index (κ1) is 29.0. The van der Waals surface area contributed by atoms with Crippen LogP contribution in [-0.2, 0) is 18.3 Å². The van der Waals surface area contributed by atoms with Gasteiger partial charge in [-0.3, -0.25) is 0 Å². The number of halogens is 2. The Morgan fingerprint density at radius 3 is 1.67 bits per heavy atom. The van der Waals surface area contributed by atoms with Gasteiger partial charge in [0, 0.05) is 0 Å². The molecule has 1 rings (SSSR count). The Kier molecular flexibility index (Phi) is 9.36. The maximum Gasteiger partial charge on any atom is 0.193 e. The number of hydrogen-bond donors (Lipinski definition) is 0. The Hall–Kier alpha value is 0.974. The molecule has 1 heterocycles. The summed E-state index contributed by atoms with van der Waals surface area (Å²) in [6, 6.07) is 0. The summed E-state index contributed by atoms with van der Waals surface area (Å²) in [6.07, 6.45) is 1.20. The monoisotopic (exact) mass is 586 g/mol. The number of ether oxygens (including phenoxy) is 2. The number of rotatable bonds is 7. The summed E-state index contributed by atoms with van der Waals surface area (Å²) in [7, 11) is -4.00. The third kappa shape index (κ3) is 7.50. The van der Waals surface area contributed by atoms with E-state index in [9.17, 15) is 0 Å². The molecule has 0 aromatic heterocycles. The Morgan fingerprint density at radius 2 is 1.27 bits per heavy atom. The van der Waals surface area contributed by atoms with Crippen LogP contribution in [0.4, 0.5) is 0 Å². The normalized spacial score (nSPS) is 25.2. The van der Waals surface area contributed by atoms with E-state index in [1.807, 2.05) is 19.9 Å². The molecule has 0 saturated carbocycles. The van der Waals surface area contributed by atoms with Crippen molar-refractivity contribution >= 4 is 48.5 Å². The quantitative estimate of drug-likeness (QED) is 0.283. The molecule has 1 saturated heterocycles. The second kappa shape index (κ2) is 9.68. The van der Waals surface area contributed by atoms with Crippen LogP contribution in [0.15, 0.2) is 9.47 Å². The summed E-state index contributed by atoms with van der Waals surface area (Å²) in [6.45, 7) is 28.6. The van der Waals surface area contributed by atoms with Gasteiger partial charge in [-0.1, -0.05) is 41.5 Å². The van der Waals surface area contributed by atoms with Crippen LogP contribution in [0.5, 0.6) is 0 Å². The average Bonchev–Trinajstić information content (AvgIpc) is 2.79. The van der Waals surface area contributed by atoms with Crippen molar-refractivity contribution in [2.75, 3.05) is 0 Å². The smallest absolute Gasteiger partial charge is 0.193 e. The molecule has 8 heteroatoms. The predicted molar refractivity (Wildman–Crippen MR) is 140 cm³/mol. The highest BCUT2D eigenvalue weighted by molar-refractivity contribution is 9.28. The molecule has 0 aromatic rings. The van der Waals surface area contributed by atoms with Gasteiger partial charge in [-0.25, -0.2) is 0 Å². The summed E-state index contributed by atoms with van der Waals surface area (Å²) in [5.41, 5.74) is 0. The Balaban J connectivity index is 3.28. The first-order chi connectivity index (χ1) is 13.1. The van der Waals surface area contributed by atoms with Crippen molar-refractivity contribution in [1.82, 2.24) is 0 Å². The molecule has 0 aliphatic carbocycles. The third-order valence-electron chi connectivity index (χ3n) is 6.76. The zero-order chi connectivity index (χ0) is 23.9. The fraction of sp³-hybridized carbons (Fsp3) is 0.909. The second-order valence-corrected chi connectivity index (χ2v) is 24.2. The Morgan fingerprint density at radius 1 is 0.867 bits per heavy atom. The second-order valence-electron chi connectivity index (χ2n) is 11.9. The first-order valence-corrected chi connectivity index (χ1v) is 18.2. The topological polar surface area (TPSA) is 36.9 Å². The van der Waals surface area contributed by atoms with E-state index in [4.69, 9.17) is 18.3 Å². The van der Waals surface area contributed by atoms with Gasteiger partial charge in [0.05, 0.1) is 15.6 Å². The summed E-state index contributed by atoms with van der Waals surface area (Å²) >= 11 is 7.07. The highest BCUT2D eigenvalue weighted by Gasteiger charge is 2.51. The Bertz CT molecular complexity index is 618. The minimum atomic E-state index is -2.04. The van der Waals surface area contributed by atoms with Gasteiger partial charge in [-0.2, -0.15) is 0 Å². The van der Waals surface area contributed by atoms with E-state index in [1.54, 1.807) is 0 Å². The molecule has 4 nitrogen and oxygen atoms in total. The molecule has 0 amide bonds. The number of hydrogen-bond acceptors (Lipinski definition) is 4. The van der Waals surface area contributed by atoms with E-state index in [0.717, 1.165) is 3.39 Å². The van der Waals surface area contributed by atoms with Crippen LogP contribution in [0.3, 0.4) is 0 Å². The van der Waals surface area contributed by atoms with Crippen molar-refractivity contribution in [3.8, 4) is 0 Å². The van der Waals surface area contributed by atoms with Crippen molar-refractivity contribution in [1.29, 1.82) is 0 Å². The van der Waals surface area contributed by atoms with Gasteiger partial charge >= 0.3 is 0 Å². The van der Waals surface area contributed by atoms with Crippen molar-refractivity contribution in [3.05, 3.63) is 9.47 Å². The van der Waals surface area contributed by atoms with Crippen LogP contribution in [0, 0.1) is 0 Å². The molecule has 0 N–H and O–H groups in total. The lowest BCUT2D eigenvalue weighted by Crippen LogP contribution is -2.52. The molecule has 1 aliphatic heterocycles. The molecule has 30 heavy (non-hydrogen) atoms. The highest BCUT2D eigenvalue weighted by atomic mass is 79.9. The lowest BCUT2D eigenvalue weighted by atomic mass is 10.0. The van der Waals surface area contributed by atoms with Crippen LogP contribution in [-0.4, -0.2) is 46.8 Å². The Labute approximate surface area is 204 Å². The molecule has 0 aromatic carbocycles. The van der Waals surface area contributed by atoms with Crippen molar-refractivity contribution < 1.29 is 18.3 Å². The van der Waals surface area contributed by atoms with Gasteiger partial charge in [0.15, 0.2) is 22.4 Å². The van der Waals surface area contributed by atoms with Gasteiger partial charge in [-0.05, 0) is 95.0 Å². The van der Waals surface area contributed by atoms with Crippen molar-refractivity contribution in [2.24, 2.45) is 0 Å². The maximum atomic E-state index is 6.82. The van der Waals surface area contributed by atoms with E-state index in [-0.39, 0.29) is 34.5 Å². The molecule has 0 bridgehead atoms.